The van der Waals surface area contributed by atoms with Crippen LogP contribution >= 0.6 is 0 Å². The summed E-state index contributed by atoms with van der Waals surface area (Å²) in [6.07, 6.45) is 3.41. The molecule has 0 saturated heterocycles. The van der Waals surface area contributed by atoms with Crippen molar-refractivity contribution in [2.45, 2.75) is 34.1 Å². The van der Waals surface area contributed by atoms with Gasteiger partial charge in [-0.1, -0.05) is 43.7 Å². The number of hydrogen-bond donors (Lipinski definition) is 1. The molecule has 0 spiro atoms. The third-order valence-electron chi connectivity index (χ3n) is 2.96. The number of aryl methyl sites for hydroxylation is 2. The van der Waals surface area contributed by atoms with E-state index in [4.69, 9.17) is 0 Å². The van der Waals surface area contributed by atoms with E-state index in [2.05, 4.69) is 57.3 Å². The Bertz CT molecular complexity index is 364. The lowest BCUT2D eigenvalue weighted by Crippen LogP contribution is -2.15. The van der Waals surface area contributed by atoms with Crippen LogP contribution in [0.4, 0.5) is 0 Å². The summed E-state index contributed by atoms with van der Waals surface area (Å²) in [5, 5.41) is 3.38. The minimum Gasteiger partial charge on any atom is -0.313 e. The van der Waals surface area contributed by atoms with Crippen LogP contribution in [0.2, 0.25) is 0 Å². The van der Waals surface area contributed by atoms with Gasteiger partial charge >= 0.3 is 0 Å². The van der Waals surface area contributed by atoms with Crippen molar-refractivity contribution in [1.82, 2.24) is 5.32 Å². The number of nitrogens with one attached hydrogen (secondary N) is 1. The molecule has 0 aliphatic carbocycles. The first kappa shape index (κ1) is 13.0. The van der Waals surface area contributed by atoms with Crippen LogP contribution in [0, 0.1) is 13.8 Å². The zero-order valence-electron chi connectivity index (χ0n) is 10.9. The Kier molecular flexibility index (Phi) is 5.27. The molecule has 0 heterocycles. The Labute approximate surface area is 99.6 Å². The van der Waals surface area contributed by atoms with Crippen molar-refractivity contribution in [3.05, 3.63) is 40.5 Å². The van der Waals surface area contributed by atoms with Gasteiger partial charge in [-0.2, -0.15) is 0 Å². The maximum atomic E-state index is 3.38. The van der Waals surface area contributed by atoms with Crippen LogP contribution in [-0.4, -0.2) is 13.1 Å². The predicted molar refractivity (Wildman–Crippen MR) is 72.7 cm³/mol. The topological polar surface area (TPSA) is 12.0 Å². The molecule has 0 atom stereocenters. The molecule has 0 fully saturated rings. The van der Waals surface area contributed by atoms with Gasteiger partial charge in [0.25, 0.3) is 0 Å². The van der Waals surface area contributed by atoms with Gasteiger partial charge in [-0.25, -0.2) is 0 Å². The highest BCUT2D eigenvalue weighted by molar-refractivity contribution is 5.55. The van der Waals surface area contributed by atoms with Gasteiger partial charge in [-0.3, -0.25) is 0 Å². The van der Waals surface area contributed by atoms with Crippen LogP contribution in [0.5, 0.6) is 0 Å². The molecule has 0 saturated carbocycles. The third kappa shape index (κ3) is 3.82. The summed E-state index contributed by atoms with van der Waals surface area (Å²) in [6.45, 7) is 10.7. The van der Waals surface area contributed by atoms with Crippen LogP contribution in [0.15, 0.2) is 23.8 Å². The van der Waals surface area contributed by atoms with E-state index in [0.29, 0.717) is 0 Å². The summed E-state index contributed by atoms with van der Waals surface area (Å²) in [6, 6.07) is 6.66. The quantitative estimate of drug-likeness (QED) is 0.793. The van der Waals surface area contributed by atoms with E-state index in [1.165, 1.54) is 22.3 Å². The van der Waals surface area contributed by atoms with Crippen LogP contribution in [0.25, 0.3) is 6.08 Å². The number of hydrogen-bond acceptors (Lipinski definition) is 1. The second kappa shape index (κ2) is 6.49. The second-order valence-corrected chi connectivity index (χ2v) is 4.28. The van der Waals surface area contributed by atoms with Crippen molar-refractivity contribution in [2.75, 3.05) is 13.1 Å². The Morgan fingerprint density at radius 2 is 1.94 bits per heavy atom. The molecule has 1 nitrogen and oxygen atoms in total. The van der Waals surface area contributed by atoms with Crippen molar-refractivity contribution >= 4 is 6.08 Å². The van der Waals surface area contributed by atoms with E-state index < -0.39 is 0 Å². The molecule has 0 radical (unpaired) electrons. The monoisotopic (exact) mass is 217 g/mol. The van der Waals surface area contributed by atoms with Crippen molar-refractivity contribution < 1.29 is 0 Å². The van der Waals surface area contributed by atoms with E-state index in [0.717, 1.165) is 19.5 Å². The van der Waals surface area contributed by atoms with E-state index in [1.54, 1.807) is 0 Å². The summed E-state index contributed by atoms with van der Waals surface area (Å²) in [5.41, 5.74) is 5.51. The minimum absolute atomic E-state index is 1.000. The maximum Gasteiger partial charge on any atom is 0.0167 e. The third-order valence-corrected chi connectivity index (χ3v) is 2.96. The molecule has 0 unspecified atom stereocenters. The Balaban J connectivity index is 2.82. The highest BCUT2D eigenvalue weighted by Crippen LogP contribution is 2.14. The number of benzene rings is 1. The highest BCUT2D eigenvalue weighted by Gasteiger charge is 1.97. The van der Waals surface area contributed by atoms with Gasteiger partial charge in [-0.05, 0) is 43.5 Å². The van der Waals surface area contributed by atoms with Gasteiger partial charge in [0.05, 0.1) is 0 Å². The summed E-state index contributed by atoms with van der Waals surface area (Å²) in [5.74, 6) is 0. The zero-order valence-corrected chi connectivity index (χ0v) is 10.9. The summed E-state index contributed by atoms with van der Waals surface area (Å²) >= 11 is 0. The lowest BCUT2D eigenvalue weighted by atomic mass is 10.0. The summed E-state index contributed by atoms with van der Waals surface area (Å²) in [7, 11) is 0. The largest absolute Gasteiger partial charge is 0.313 e. The van der Waals surface area contributed by atoms with Gasteiger partial charge in [0.15, 0.2) is 0 Å². The molecular weight excluding hydrogens is 194 g/mol. The van der Waals surface area contributed by atoms with Gasteiger partial charge in [0, 0.05) is 6.54 Å². The van der Waals surface area contributed by atoms with Gasteiger partial charge in [-0.15, -0.1) is 0 Å². The Morgan fingerprint density at radius 1 is 1.19 bits per heavy atom. The first-order valence-electron chi connectivity index (χ1n) is 6.14. The number of likely N-dealkylation sites (N-methyl/N-ethyl adjacent to an activating group) is 1. The molecule has 88 valence electrons. The minimum atomic E-state index is 1.000. The fourth-order valence-corrected chi connectivity index (χ4v) is 1.65. The van der Waals surface area contributed by atoms with E-state index in [9.17, 15) is 0 Å². The smallest absolute Gasteiger partial charge is 0.0167 e. The normalized spacial score (nSPS) is 11.9. The average Bonchev–Trinajstić information content (AvgIpc) is 2.29. The van der Waals surface area contributed by atoms with Crippen molar-refractivity contribution in [3.63, 3.8) is 0 Å². The molecule has 1 heteroatoms. The highest BCUT2D eigenvalue weighted by atomic mass is 14.8. The SMILES string of the molecule is CCNCC(=Cc1ccc(C)c(C)c1)CC. The van der Waals surface area contributed by atoms with Crippen LogP contribution in [0.3, 0.4) is 0 Å². The Morgan fingerprint density at radius 3 is 2.50 bits per heavy atom. The van der Waals surface area contributed by atoms with Gasteiger partial charge < -0.3 is 5.32 Å². The lowest BCUT2D eigenvalue weighted by Gasteiger charge is -2.07. The molecular formula is C15H23N. The van der Waals surface area contributed by atoms with Crippen LogP contribution in [-0.2, 0) is 0 Å². The predicted octanol–water partition coefficient (Wildman–Crippen LogP) is 3.71. The first-order valence-corrected chi connectivity index (χ1v) is 6.14. The summed E-state index contributed by atoms with van der Waals surface area (Å²) in [4.78, 5) is 0. The molecule has 0 aliphatic heterocycles. The van der Waals surface area contributed by atoms with E-state index >= 15 is 0 Å². The number of rotatable bonds is 5. The lowest BCUT2D eigenvalue weighted by molar-refractivity contribution is 0.762. The molecule has 1 aromatic carbocycles. The first-order chi connectivity index (χ1) is 7.67. The molecule has 1 N–H and O–H groups in total. The Hall–Kier alpha value is -1.08. The standard InChI is InChI=1S/C15H23N/c1-5-14(11-16-6-2)10-15-8-7-12(3)13(4)9-15/h7-10,16H,5-6,11H2,1-4H3. The molecule has 1 aromatic rings. The second-order valence-electron chi connectivity index (χ2n) is 4.28. The van der Waals surface area contributed by atoms with Crippen molar-refractivity contribution in [2.24, 2.45) is 0 Å². The molecule has 16 heavy (non-hydrogen) atoms. The average molecular weight is 217 g/mol. The molecule has 0 bridgehead atoms. The van der Waals surface area contributed by atoms with Gasteiger partial charge in [0.2, 0.25) is 0 Å². The van der Waals surface area contributed by atoms with Gasteiger partial charge in [0.1, 0.15) is 0 Å². The fourth-order valence-electron chi connectivity index (χ4n) is 1.65. The molecule has 1 rings (SSSR count). The molecule has 0 aliphatic rings. The summed E-state index contributed by atoms with van der Waals surface area (Å²) < 4.78 is 0. The molecule has 0 amide bonds. The van der Waals surface area contributed by atoms with E-state index in [1.807, 2.05) is 0 Å². The maximum absolute atomic E-state index is 3.38. The molecule has 0 aromatic heterocycles. The van der Waals surface area contributed by atoms with Crippen LogP contribution < -0.4 is 5.32 Å². The zero-order chi connectivity index (χ0) is 12.0. The van der Waals surface area contributed by atoms with E-state index in [-0.39, 0.29) is 0 Å². The fraction of sp³-hybridized carbons (Fsp3) is 0.467. The van der Waals surface area contributed by atoms with Crippen LogP contribution in [0.1, 0.15) is 37.0 Å². The van der Waals surface area contributed by atoms with Crippen molar-refractivity contribution in [3.8, 4) is 0 Å². The van der Waals surface area contributed by atoms with Crippen molar-refractivity contribution in [1.29, 1.82) is 0 Å².